The highest BCUT2D eigenvalue weighted by atomic mass is 16.5. The van der Waals surface area contributed by atoms with Crippen LogP contribution in [-0.4, -0.2) is 23.0 Å². The Morgan fingerprint density at radius 1 is 1.32 bits per heavy atom. The second kappa shape index (κ2) is 5.82. The molecule has 0 aliphatic carbocycles. The Balaban J connectivity index is 2.17. The van der Waals surface area contributed by atoms with Gasteiger partial charge in [-0.2, -0.15) is 0 Å². The van der Waals surface area contributed by atoms with E-state index in [4.69, 9.17) is 4.74 Å². The van der Waals surface area contributed by atoms with Crippen molar-refractivity contribution in [2.75, 3.05) is 7.11 Å². The van der Waals surface area contributed by atoms with E-state index in [1.807, 2.05) is 18.2 Å². The molecule has 0 amide bonds. The molecular formula is C15H13NO3. The van der Waals surface area contributed by atoms with Crippen LogP contribution in [0.5, 0.6) is 11.5 Å². The number of ketones is 1. The minimum Gasteiger partial charge on any atom is -0.503 e. The van der Waals surface area contributed by atoms with Gasteiger partial charge in [0, 0.05) is 11.6 Å². The predicted molar refractivity (Wildman–Crippen MR) is 72.3 cm³/mol. The standard InChI is InChI=1S/C15H13NO3/c1-19-15-9-12(16-10-14(15)18)7-8-13(17)11-5-3-2-4-6-11/h2-10,18H,1H3/b8-7+. The molecule has 0 spiro atoms. The van der Waals surface area contributed by atoms with E-state index in [0.29, 0.717) is 17.0 Å². The summed E-state index contributed by atoms with van der Waals surface area (Å²) < 4.78 is 4.97. The van der Waals surface area contributed by atoms with Crippen molar-refractivity contribution in [3.05, 3.63) is 59.9 Å². The molecule has 19 heavy (non-hydrogen) atoms. The van der Waals surface area contributed by atoms with Crippen molar-refractivity contribution in [3.63, 3.8) is 0 Å². The molecule has 0 radical (unpaired) electrons. The summed E-state index contributed by atoms with van der Waals surface area (Å²) in [6.07, 6.45) is 4.30. The molecular weight excluding hydrogens is 242 g/mol. The quantitative estimate of drug-likeness (QED) is 0.674. The van der Waals surface area contributed by atoms with Crippen LogP contribution in [0, 0.1) is 0 Å². The van der Waals surface area contributed by atoms with Gasteiger partial charge in [0.1, 0.15) is 0 Å². The number of hydrogen-bond acceptors (Lipinski definition) is 4. The fourth-order valence-electron chi connectivity index (χ4n) is 1.56. The molecule has 4 nitrogen and oxygen atoms in total. The fourth-order valence-corrected chi connectivity index (χ4v) is 1.56. The lowest BCUT2D eigenvalue weighted by molar-refractivity contribution is 0.104. The first-order valence-corrected chi connectivity index (χ1v) is 5.71. The number of aromatic nitrogens is 1. The van der Waals surface area contributed by atoms with Gasteiger partial charge in [0.2, 0.25) is 0 Å². The number of methoxy groups -OCH3 is 1. The molecule has 0 aliphatic rings. The molecule has 0 atom stereocenters. The van der Waals surface area contributed by atoms with E-state index in [1.54, 1.807) is 24.3 Å². The van der Waals surface area contributed by atoms with E-state index in [-0.39, 0.29) is 11.5 Å². The first kappa shape index (κ1) is 12.8. The number of nitrogens with zero attached hydrogens (tertiary/aromatic N) is 1. The summed E-state index contributed by atoms with van der Waals surface area (Å²) in [6, 6.07) is 10.5. The zero-order valence-corrected chi connectivity index (χ0v) is 10.4. The third-order valence-electron chi connectivity index (χ3n) is 2.55. The Morgan fingerprint density at radius 2 is 2.05 bits per heavy atom. The monoisotopic (exact) mass is 255 g/mol. The minimum atomic E-state index is -0.102. The number of benzene rings is 1. The van der Waals surface area contributed by atoms with Crippen molar-refractivity contribution in [2.45, 2.75) is 0 Å². The van der Waals surface area contributed by atoms with Gasteiger partial charge in [-0.3, -0.25) is 9.78 Å². The Bertz CT molecular complexity index is 606. The lowest BCUT2D eigenvalue weighted by Gasteiger charge is -2.02. The Hall–Kier alpha value is -2.62. The van der Waals surface area contributed by atoms with E-state index in [1.165, 1.54) is 19.4 Å². The summed E-state index contributed by atoms with van der Waals surface area (Å²) in [7, 11) is 1.46. The number of carbonyl (C=O) groups excluding carboxylic acids is 1. The number of ether oxygens (including phenoxy) is 1. The predicted octanol–water partition coefficient (Wildman–Crippen LogP) is 2.69. The molecule has 0 fully saturated rings. The first-order chi connectivity index (χ1) is 9.20. The molecule has 1 aromatic carbocycles. The van der Waals surface area contributed by atoms with E-state index in [9.17, 15) is 9.90 Å². The maximum atomic E-state index is 11.8. The number of pyridine rings is 1. The second-order valence-corrected chi connectivity index (χ2v) is 3.84. The Kier molecular flexibility index (Phi) is 3.93. The van der Waals surface area contributed by atoms with Gasteiger partial charge in [0.05, 0.1) is 19.0 Å². The molecule has 2 rings (SSSR count). The van der Waals surface area contributed by atoms with Crippen LogP contribution in [0.2, 0.25) is 0 Å². The maximum Gasteiger partial charge on any atom is 0.185 e. The maximum absolute atomic E-state index is 11.8. The van der Waals surface area contributed by atoms with E-state index in [0.717, 1.165) is 0 Å². The van der Waals surface area contributed by atoms with Gasteiger partial charge in [0.15, 0.2) is 17.3 Å². The largest absolute Gasteiger partial charge is 0.503 e. The van der Waals surface area contributed by atoms with Gasteiger partial charge in [-0.05, 0) is 12.2 Å². The van der Waals surface area contributed by atoms with Crippen LogP contribution in [0.1, 0.15) is 16.1 Å². The number of hydrogen-bond donors (Lipinski definition) is 1. The van der Waals surface area contributed by atoms with Gasteiger partial charge < -0.3 is 9.84 Å². The SMILES string of the molecule is COc1cc(/C=C/C(=O)c2ccccc2)ncc1O. The van der Waals surface area contributed by atoms with Gasteiger partial charge in [-0.25, -0.2) is 0 Å². The molecule has 0 saturated carbocycles. The van der Waals surface area contributed by atoms with Gasteiger partial charge >= 0.3 is 0 Å². The zero-order chi connectivity index (χ0) is 13.7. The van der Waals surface area contributed by atoms with Gasteiger partial charge in [-0.1, -0.05) is 30.3 Å². The lowest BCUT2D eigenvalue weighted by atomic mass is 10.1. The van der Waals surface area contributed by atoms with Crippen molar-refractivity contribution < 1.29 is 14.6 Å². The third-order valence-corrected chi connectivity index (χ3v) is 2.55. The Morgan fingerprint density at radius 3 is 2.74 bits per heavy atom. The number of rotatable bonds is 4. The average Bonchev–Trinajstić information content (AvgIpc) is 2.47. The Labute approximate surface area is 111 Å². The van der Waals surface area contributed by atoms with Crippen LogP contribution in [0.25, 0.3) is 6.08 Å². The highest BCUT2D eigenvalue weighted by molar-refractivity contribution is 6.06. The van der Waals surface area contributed by atoms with Crippen LogP contribution >= 0.6 is 0 Å². The molecule has 0 bridgehead atoms. The average molecular weight is 255 g/mol. The van der Waals surface area contributed by atoms with Crippen LogP contribution in [0.3, 0.4) is 0 Å². The highest BCUT2D eigenvalue weighted by Crippen LogP contribution is 2.24. The summed E-state index contributed by atoms with van der Waals surface area (Å²) >= 11 is 0. The molecule has 96 valence electrons. The molecule has 2 aromatic rings. The van der Waals surface area contributed by atoms with E-state index in [2.05, 4.69) is 4.98 Å². The summed E-state index contributed by atoms with van der Waals surface area (Å²) in [5.74, 6) is 0.185. The van der Waals surface area contributed by atoms with E-state index >= 15 is 0 Å². The van der Waals surface area contributed by atoms with Gasteiger partial charge in [-0.15, -0.1) is 0 Å². The number of allylic oxidation sites excluding steroid dienone is 1. The van der Waals surface area contributed by atoms with Crippen molar-refractivity contribution in [2.24, 2.45) is 0 Å². The highest BCUT2D eigenvalue weighted by Gasteiger charge is 2.03. The van der Waals surface area contributed by atoms with E-state index < -0.39 is 0 Å². The molecule has 0 unspecified atom stereocenters. The second-order valence-electron chi connectivity index (χ2n) is 3.84. The normalized spacial score (nSPS) is 10.6. The third kappa shape index (κ3) is 3.19. The van der Waals surface area contributed by atoms with Gasteiger partial charge in [0.25, 0.3) is 0 Å². The minimum absolute atomic E-state index is 0.0333. The van der Waals surface area contributed by atoms with Crippen molar-refractivity contribution >= 4 is 11.9 Å². The molecule has 0 aliphatic heterocycles. The molecule has 1 aromatic heterocycles. The summed E-state index contributed by atoms with van der Waals surface area (Å²) in [5, 5.41) is 9.41. The molecule has 1 N–H and O–H groups in total. The van der Waals surface area contributed by atoms with Crippen LogP contribution in [0.15, 0.2) is 48.7 Å². The summed E-state index contributed by atoms with van der Waals surface area (Å²) in [4.78, 5) is 15.8. The van der Waals surface area contributed by atoms with Crippen LogP contribution in [-0.2, 0) is 0 Å². The molecule has 1 heterocycles. The molecule has 0 saturated heterocycles. The van der Waals surface area contributed by atoms with Crippen LogP contribution < -0.4 is 4.74 Å². The van der Waals surface area contributed by atoms with Crippen molar-refractivity contribution in [1.29, 1.82) is 0 Å². The van der Waals surface area contributed by atoms with Crippen molar-refractivity contribution in [1.82, 2.24) is 4.98 Å². The first-order valence-electron chi connectivity index (χ1n) is 5.71. The summed E-state index contributed by atoms with van der Waals surface area (Å²) in [6.45, 7) is 0. The number of carbonyl (C=O) groups is 1. The lowest BCUT2D eigenvalue weighted by Crippen LogP contribution is -1.93. The van der Waals surface area contributed by atoms with Crippen LogP contribution in [0.4, 0.5) is 0 Å². The topological polar surface area (TPSA) is 59.4 Å². The van der Waals surface area contributed by atoms with Crippen molar-refractivity contribution in [3.8, 4) is 11.5 Å². The number of aromatic hydroxyl groups is 1. The summed E-state index contributed by atoms with van der Waals surface area (Å²) in [5.41, 5.74) is 1.16. The smallest absolute Gasteiger partial charge is 0.185 e. The fraction of sp³-hybridized carbons (Fsp3) is 0.0667. The zero-order valence-electron chi connectivity index (χ0n) is 10.4. The molecule has 4 heteroatoms.